The average molecular weight is 464 g/mol. The predicted octanol–water partition coefficient (Wildman–Crippen LogP) is 5.97. The van der Waals surface area contributed by atoms with Gasteiger partial charge in [-0.05, 0) is 36.5 Å². The quantitative estimate of drug-likeness (QED) is 0.525. The van der Waals surface area contributed by atoms with Crippen LogP contribution in [0, 0.1) is 5.82 Å². The number of hydrogen-bond donors (Lipinski definition) is 1. The number of aliphatic hydroxyl groups is 1. The summed E-state index contributed by atoms with van der Waals surface area (Å²) < 4.78 is 14.3. The number of unbranched alkanes of at least 4 members (excludes halogenated alkanes) is 1. The van der Waals surface area contributed by atoms with Gasteiger partial charge in [0.25, 0.3) is 5.91 Å². The smallest absolute Gasteiger partial charge is 0.257 e. The highest BCUT2D eigenvalue weighted by Gasteiger charge is 2.36. The lowest BCUT2D eigenvalue weighted by molar-refractivity contribution is -0.126. The molecule has 0 bridgehead atoms. The van der Waals surface area contributed by atoms with Gasteiger partial charge in [0, 0.05) is 25.4 Å². The number of amidine groups is 1. The number of likely N-dealkylation sites (tertiary alicyclic amines) is 1. The maximum atomic E-state index is 14.3. The fourth-order valence-electron chi connectivity index (χ4n) is 5.08. The number of hydrogen-bond acceptors (Lipinski definition) is 4. The van der Waals surface area contributed by atoms with Crippen LogP contribution in [0.1, 0.15) is 69.0 Å². The molecule has 2 atom stereocenters. The van der Waals surface area contributed by atoms with E-state index >= 15 is 0 Å². The second-order valence-corrected chi connectivity index (χ2v) is 9.15. The summed E-state index contributed by atoms with van der Waals surface area (Å²) in [6, 6.07) is 17.1. The molecule has 5 nitrogen and oxygen atoms in total. The van der Waals surface area contributed by atoms with Crippen LogP contribution in [0.3, 0.4) is 0 Å². The summed E-state index contributed by atoms with van der Waals surface area (Å²) >= 11 is 0. The Morgan fingerprint density at radius 2 is 1.88 bits per heavy atom. The third-order valence-corrected chi connectivity index (χ3v) is 6.94. The van der Waals surface area contributed by atoms with Gasteiger partial charge >= 0.3 is 0 Å². The van der Waals surface area contributed by atoms with Crippen molar-refractivity contribution in [3.8, 4) is 0 Å². The molecular formula is C28H34FN3O2. The lowest BCUT2D eigenvalue weighted by atomic mass is 9.98. The maximum absolute atomic E-state index is 14.3. The van der Waals surface area contributed by atoms with E-state index in [1.165, 1.54) is 11.6 Å². The van der Waals surface area contributed by atoms with E-state index in [4.69, 9.17) is 0 Å². The summed E-state index contributed by atoms with van der Waals surface area (Å²) in [5.41, 5.74) is 2.14. The molecule has 0 aliphatic carbocycles. The van der Waals surface area contributed by atoms with Gasteiger partial charge in [0.1, 0.15) is 11.7 Å². The zero-order valence-corrected chi connectivity index (χ0v) is 20.1. The van der Waals surface area contributed by atoms with Crippen molar-refractivity contribution in [3.05, 3.63) is 83.0 Å². The fraction of sp³-hybridized carbons (Fsp3) is 0.429. The molecule has 1 amide bonds. The molecule has 2 aliphatic rings. The second kappa shape index (κ2) is 10.9. The fourth-order valence-corrected chi connectivity index (χ4v) is 5.08. The molecule has 0 spiro atoms. The summed E-state index contributed by atoms with van der Waals surface area (Å²) in [6.07, 6.45) is 4.31. The molecule has 0 aromatic heterocycles. The number of rotatable bonds is 8. The molecule has 2 aromatic carbocycles. The van der Waals surface area contributed by atoms with Gasteiger partial charge in [0.15, 0.2) is 0 Å². The van der Waals surface area contributed by atoms with E-state index in [9.17, 15) is 14.3 Å². The van der Waals surface area contributed by atoms with Crippen molar-refractivity contribution in [3.63, 3.8) is 0 Å². The molecule has 180 valence electrons. The van der Waals surface area contributed by atoms with E-state index < -0.39 is 0 Å². The minimum Gasteiger partial charge on any atom is -0.493 e. The lowest BCUT2D eigenvalue weighted by Gasteiger charge is -2.37. The Hall–Kier alpha value is -3.15. The van der Waals surface area contributed by atoms with Gasteiger partial charge in [-0.2, -0.15) is 0 Å². The van der Waals surface area contributed by atoms with E-state index in [0.717, 1.165) is 31.5 Å². The SMILES string of the molecule is CCCCC1=NC(O)=C(C(=O)N2CCC(c3ccccc3F)C2)CN1[C@@H](CC)c1ccccc1. The number of aliphatic hydroxyl groups excluding tert-OH is 1. The van der Waals surface area contributed by atoms with Crippen LogP contribution in [0.15, 0.2) is 71.0 Å². The second-order valence-electron chi connectivity index (χ2n) is 9.15. The summed E-state index contributed by atoms with van der Waals surface area (Å²) in [6.45, 7) is 5.57. The van der Waals surface area contributed by atoms with Crippen LogP contribution >= 0.6 is 0 Å². The molecule has 34 heavy (non-hydrogen) atoms. The van der Waals surface area contributed by atoms with Crippen LogP contribution in [0.25, 0.3) is 0 Å². The first kappa shape index (κ1) is 24.0. The first-order valence-electron chi connectivity index (χ1n) is 12.4. The minimum atomic E-state index is -0.230. The van der Waals surface area contributed by atoms with Crippen molar-refractivity contribution < 1.29 is 14.3 Å². The van der Waals surface area contributed by atoms with Crippen LogP contribution in [0.5, 0.6) is 0 Å². The van der Waals surface area contributed by atoms with E-state index in [2.05, 4.69) is 35.9 Å². The van der Waals surface area contributed by atoms with E-state index in [1.807, 2.05) is 24.3 Å². The summed E-state index contributed by atoms with van der Waals surface area (Å²) in [5.74, 6) is 0.180. The zero-order valence-electron chi connectivity index (χ0n) is 20.1. The highest BCUT2D eigenvalue weighted by atomic mass is 19.1. The first-order chi connectivity index (χ1) is 16.5. The van der Waals surface area contributed by atoms with Crippen LogP contribution in [-0.4, -0.2) is 46.3 Å². The Balaban J connectivity index is 1.58. The maximum Gasteiger partial charge on any atom is 0.257 e. The Morgan fingerprint density at radius 1 is 1.15 bits per heavy atom. The molecule has 1 fully saturated rings. The number of carbonyl (C=O) groups is 1. The molecule has 1 N–H and O–H groups in total. The largest absolute Gasteiger partial charge is 0.493 e. The van der Waals surface area contributed by atoms with Crippen LogP contribution < -0.4 is 0 Å². The minimum absolute atomic E-state index is 0.0380. The van der Waals surface area contributed by atoms with Crippen molar-refractivity contribution in [1.82, 2.24) is 9.80 Å². The molecule has 2 aliphatic heterocycles. The van der Waals surface area contributed by atoms with E-state index in [0.29, 0.717) is 37.2 Å². The van der Waals surface area contributed by atoms with Crippen LogP contribution in [0.4, 0.5) is 4.39 Å². The number of carbonyl (C=O) groups excluding carboxylic acids is 1. The molecule has 1 unspecified atom stereocenters. The Bertz CT molecular complexity index is 1070. The first-order valence-corrected chi connectivity index (χ1v) is 12.4. The topological polar surface area (TPSA) is 56.1 Å². The third-order valence-electron chi connectivity index (χ3n) is 6.94. The van der Waals surface area contributed by atoms with Crippen molar-refractivity contribution in [2.45, 2.75) is 57.9 Å². The predicted molar refractivity (Wildman–Crippen MR) is 133 cm³/mol. The Labute approximate surface area is 201 Å². The van der Waals surface area contributed by atoms with Gasteiger partial charge in [-0.3, -0.25) is 4.79 Å². The molecule has 1 saturated heterocycles. The van der Waals surface area contributed by atoms with Gasteiger partial charge in [0.2, 0.25) is 5.88 Å². The number of benzene rings is 2. The number of nitrogens with zero attached hydrogens (tertiary/aromatic N) is 3. The zero-order chi connectivity index (χ0) is 24.1. The third kappa shape index (κ3) is 5.01. The van der Waals surface area contributed by atoms with Crippen molar-refractivity contribution in [1.29, 1.82) is 0 Å². The van der Waals surface area contributed by atoms with Crippen LogP contribution in [0.2, 0.25) is 0 Å². The van der Waals surface area contributed by atoms with Crippen molar-refractivity contribution >= 4 is 11.7 Å². The van der Waals surface area contributed by atoms with Gasteiger partial charge in [-0.1, -0.05) is 68.8 Å². The number of halogens is 1. The highest BCUT2D eigenvalue weighted by molar-refractivity contribution is 5.97. The van der Waals surface area contributed by atoms with Gasteiger partial charge in [0.05, 0.1) is 18.2 Å². The van der Waals surface area contributed by atoms with Crippen molar-refractivity contribution in [2.75, 3.05) is 19.6 Å². The van der Waals surface area contributed by atoms with E-state index in [-0.39, 0.29) is 29.6 Å². The van der Waals surface area contributed by atoms with Gasteiger partial charge in [-0.25, -0.2) is 9.38 Å². The summed E-state index contributed by atoms with van der Waals surface area (Å²) in [5, 5.41) is 10.8. The van der Waals surface area contributed by atoms with Crippen LogP contribution in [-0.2, 0) is 4.79 Å². The average Bonchev–Trinajstić information content (AvgIpc) is 3.35. The molecule has 0 saturated carbocycles. The monoisotopic (exact) mass is 463 g/mol. The Kier molecular flexibility index (Phi) is 7.66. The normalized spacial score (nSPS) is 19.4. The number of amides is 1. The summed E-state index contributed by atoms with van der Waals surface area (Å²) in [7, 11) is 0. The molecule has 6 heteroatoms. The molecule has 0 radical (unpaired) electrons. The van der Waals surface area contributed by atoms with Gasteiger partial charge < -0.3 is 14.9 Å². The highest BCUT2D eigenvalue weighted by Crippen LogP contribution is 2.33. The standard InChI is InChI=1S/C28H34FN3O2/c1-3-5-15-26-30-27(33)23(19-32(26)25(4-2)20-11-7-6-8-12-20)28(34)31-17-16-21(18-31)22-13-9-10-14-24(22)29/h6-14,21,25,33H,3-5,15-19H2,1-2H3/t21?,25-/m0/s1. The van der Waals surface area contributed by atoms with Gasteiger partial charge in [-0.15, -0.1) is 0 Å². The van der Waals surface area contributed by atoms with E-state index in [1.54, 1.807) is 17.0 Å². The Morgan fingerprint density at radius 3 is 2.59 bits per heavy atom. The lowest BCUT2D eigenvalue weighted by Crippen LogP contribution is -2.43. The number of aliphatic imine (C=N–C) groups is 1. The molecular weight excluding hydrogens is 429 g/mol. The molecule has 2 aromatic rings. The van der Waals surface area contributed by atoms with Crippen molar-refractivity contribution in [2.24, 2.45) is 4.99 Å². The summed E-state index contributed by atoms with van der Waals surface area (Å²) in [4.78, 5) is 22.0. The molecule has 2 heterocycles. The molecule has 4 rings (SSSR count).